The Morgan fingerprint density at radius 2 is 2.07 bits per heavy atom. The molecule has 0 aliphatic carbocycles. The van der Waals surface area contributed by atoms with E-state index in [1.54, 1.807) is 6.92 Å². The fourth-order valence-electron chi connectivity index (χ4n) is 1.09. The van der Waals surface area contributed by atoms with E-state index in [1.807, 2.05) is 11.8 Å². The standard InChI is InChI=1S/C10H20N2O2S/c1-4-7-8-12(5-2)9(15)11-10(13)14-6-3/h4-8H2,1-3H3,(H,11,13,15). The third kappa shape index (κ3) is 6.28. The zero-order chi connectivity index (χ0) is 11.7. The zero-order valence-corrected chi connectivity index (χ0v) is 10.5. The van der Waals surface area contributed by atoms with Crippen molar-refractivity contribution in [3.8, 4) is 0 Å². The number of unbranched alkanes of at least 4 members (excludes halogenated alkanes) is 1. The summed E-state index contributed by atoms with van der Waals surface area (Å²) in [7, 11) is 0. The Morgan fingerprint density at radius 3 is 2.53 bits per heavy atom. The first-order chi connectivity index (χ1) is 7.15. The van der Waals surface area contributed by atoms with Crippen molar-refractivity contribution in [2.45, 2.75) is 33.6 Å². The smallest absolute Gasteiger partial charge is 0.413 e. The quantitative estimate of drug-likeness (QED) is 0.737. The summed E-state index contributed by atoms with van der Waals surface area (Å²) < 4.78 is 4.75. The van der Waals surface area contributed by atoms with Crippen molar-refractivity contribution in [2.24, 2.45) is 0 Å². The predicted molar refractivity (Wildman–Crippen MR) is 64.9 cm³/mol. The highest BCUT2D eigenvalue weighted by Crippen LogP contribution is 1.96. The Morgan fingerprint density at radius 1 is 1.40 bits per heavy atom. The number of thiocarbonyl (C=S) groups is 1. The summed E-state index contributed by atoms with van der Waals surface area (Å²) in [4.78, 5) is 13.1. The Balaban J connectivity index is 3.97. The van der Waals surface area contributed by atoms with Crippen molar-refractivity contribution in [2.75, 3.05) is 19.7 Å². The lowest BCUT2D eigenvalue weighted by atomic mass is 10.3. The summed E-state index contributed by atoms with van der Waals surface area (Å²) in [5.74, 6) is 0. The molecule has 0 bridgehead atoms. The van der Waals surface area contributed by atoms with Crippen LogP contribution in [-0.4, -0.2) is 35.8 Å². The van der Waals surface area contributed by atoms with Crippen LogP contribution in [0.2, 0.25) is 0 Å². The van der Waals surface area contributed by atoms with Gasteiger partial charge in [0.15, 0.2) is 5.11 Å². The maximum absolute atomic E-state index is 11.1. The number of nitrogens with zero attached hydrogens (tertiary/aromatic N) is 1. The third-order valence-electron chi connectivity index (χ3n) is 1.93. The SMILES string of the molecule is CCCCN(CC)C(=S)NC(=O)OCC. The van der Waals surface area contributed by atoms with Gasteiger partial charge in [-0.3, -0.25) is 5.32 Å². The summed E-state index contributed by atoms with van der Waals surface area (Å²) in [6.45, 7) is 7.92. The van der Waals surface area contributed by atoms with Gasteiger partial charge in [-0.2, -0.15) is 0 Å². The average molecular weight is 232 g/mol. The molecular weight excluding hydrogens is 212 g/mol. The normalized spacial score (nSPS) is 9.53. The first-order valence-electron chi connectivity index (χ1n) is 5.38. The second-order valence-corrected chi connectivity index (χ2v) is 3.47. The van der Waals surface area contributed by atoms with Gasteiger partial charge in [-0.15, -0.1) is 0 Å². The first-order valence-corrected chi connectivity index (χ1v) is 5.79. The van der Waals surface area contributed by atoms with Crippen LogP contribution in [0.15, 0.2) is 0 Å². The molecule has 0 heterocycles. The Kier molecular flexibility index (Phi) is 7.99. The van der Waals surface area contributed by atoms with Gasteiger partial charge in [-0.05, 0) is 32.5 Å². The number of alkyl carbamates (subject to hydrolysis) is 1. The van der Waals surface area contributed by atoms with E-state index >= 15 is 0 Å². The van der Waals surface area contributed by atoms with E-state index in [4.69, 9.17) is 17.0 Å². The van der Waals surface area contributed by atoms with Crippen LogP contribution < -0.4 is 5.32 Å². The summed E-state index contributed by atoms with van der Waals surface area (Å²) in [5.41, 5.74) is 0. The molecule has 0 aromatic heterocycles. The number of carbonyl (C=O) groups excluding carboxylic acids is 1. The number of hydrogen-bond donors (Lipinski definition) is 1. The van der Waals surface area contributed by atoms with E-state index in [-0.39, 0.29) is 0 Å². The Labute approximate surface area is 97.0 Å². The lowest BCUT2D eigenvalue weighted by Crippen LogP contribution is -2.43. The topological polar surface area (TPSA) is 41.6 Å². The molecule has 1 amide bonds. The predicted octanol–water partition coefficient (Wildman–Crippen LogP) is 2.14. The minimum absolute atomic E-state index is 0.357. The molecule has 0 radical (unpaired) electrons. The number of carbonyl (C=O) groups is 1. The van der Waals surface area contributed by atoms with Crippen LogP contribution in [0.3, 0.4) is 0 Å². The van der Waals surface area contributed by atoms with Crippen molar-refractivity contribution in [3.63, 3.8) is 0 Å². The number of nitrogens with one attached hydrogen (secondary N) is 1. The van der Waals surface area contributed by atoms with Gasteiger partial charge >= 0.3 is 6.09 Å². The van der Waals surface area contributed by atoms with Crippen LogP contribution in [-0.2, 0) is 4.74 Å². The molecule has 5 heteroatoms. The summed E-state index contributed by atoms with van der Waals surface area (Å²) in [5, 5.41) is 2.99. The van der Waals surface area contributed by atoms with Crippen molar-refractivity contribution >= 4 is 23.4 Å². The van der Waals surface area contributed by atoms with Crippen LogP contribution in [0, 0.1) is 0 Å². The fraction of sp³-hybridized carbons (Fsp3) is 0.800. The molecule has 88 valence electrons. The second kappa shape index (κ2) is 8.47. The van der Waals surface area contributed by atoms with Gasteiger partial charge in [0, 0.05) is 13.1 Å². The van der Waals surface area contributed by atoms with E-state index < -0.39 is 6.09 Å². The first kappa shape index (κ1) is 14.2. The maximum Gasteiger partial charge on any atom is 0.413 e. The van der Waals surface area contributed by atoms with E-state index in [9.17, 15) is 4.79 Å². The largest absolute Gasteiger partial charge is 0.450 e. The molecule has 0 aromatic carbocycles. The van der Waals surface area contributed by atoms with E-state index in [2.05, 4.69) is 12.2 Å². The Bertz CT molecular complexity index is 210. The van der Waals surface area contributed by atoms with E-state index in [0.717, 1.165) is 25.9 Å². The van der Waals surface area contributed by atoms with Crippen molar-refractivity contribution in [1.82, 2.24) is 10.2 Å². The molecule has 0 aliphatic heterocycles. The minimum Gasteiger partial charge on any atom is -0.450 e. The average Bonchev–Trinajstić information content (AvgIpc) is 2.19. The molecule has 0 unspecified atom stereocenters. The molecule has 0 aliphatic rings. The Hall–Kier alpha value is -0.840. The minimum atomic E-state index is -0.475. The number of amides is 1. The van der Waals surface area contributed by atoms with Crippen LogP contribution in [0.4, 0.5) is 4.79 Å². The molecule has 1 N–H and O–H groups in total. The molecule has 0 aromatic rings. The highest BCUT2D eigenvalue weighted by Gasteiger charge is 2.10. The molecule has 0 fully saturated rings. The molecule has 15 heavy (non-hydrogen) atoms. The maximum atomic E-state index is 11.1. The molecule has 0 atom stereocenters. The van der Waals surface area contributed by atoms with Crippen LogP contribution in [0.25, 0.3) is 0 Å². The van der Waals surface area contributed by atoms with Crippen molar-refractivity contribution in [3.05, 3.63) is 0 Å². The highest BCUT2D eigenvalue weighted by molar-refractivity contribution is 7.80. The van der Waals surface area contributed by atoms with Gasteiger partial charge in [0.1, 0.15) is 0 Å². The van der Waals surface area contributed by atoms with Crippen LogP contribution >= 0.6 is 12.2 Å². The molecule has 0 saturated heterocycles. The highest BCUT2D eigenvalue weighted by atomic mass is 32.1. The van der Waals surface area contributed by atoms with Gasteiger partial charge in [0.25, 0.3) is 0 Å². The molecule has 4 nitrogen and oxygen atoms in total. The van der Waals surface area contributed by atoms with Gasteiger partial charge < -0.3 is 9.64 Å². The summed E-state index contributed by atoms with van der Waals surface area (Å²) >= 11 is 5.09. The van der Waals surface area contributed by atoms with Crippen LogP contribution in [0.5, 0.6) is 0 Å². The van der Waals surface area contributed by atoms with Gasteiger partial charge in [-0.25, -0.2) is 4.79 Å². The lowest BCUT2D eigenvalue weighted by molar-refractivity contribution is 0.156. The molecule has 0 spiro atoms. The fourth-order valence-corrected chi connectivity index (χ4v) is 1.39. The second-order valence-electron chi connectivity index (χ2n) is 3.08. The number of hydrogen-bond acceptors (Lipinski definition) is 3. The van der Waals surface area contributed by atoms with Crippen LogP contribution in [0.1, 0.15) is 33.6 Å². The van der Waals surface area contributed by atoms with Crippen molar-refractivity contribution in [1.29, 1.82) is 0 Å². The molecule has 0 saturated carbocycles. The third-order valence-corrected chi connectivity index (χ3v) is 2.30. The van der Waals surface area contributed by atoms with E-state index in [1.165, 1.54) is 0 Å². The monoisotopic (exact) mass is 232 g/mol. The van der Waals surface area contributed by atoms with Gasteiger partial charge in [0.2, 0.25) is 0 Å². The summed E-state index contributed by atoms with van der Waals surface area (Å²) in [6, 6.07) is 0. The lowest BCUT2D eigenvalue weighted by Gasteiger charge is -2.23. The van der Waals surface area contributed by atoms with E-state index in [0.29, 0.717) is 11.7 Å². The zero-order valence-electron chi connectivity index (χ0n) is 9.71. The number of ether oxygens (including phenoxy) is 1. The number of rotatable bonds is 5. The summed E-state index contributed by atoms with van der Waals surface area (Å²) in [6.07, 6.45) is 1.70. The van der Waals surface area contributed by atoms with Crippen molar-refractivity contribution < 1.29 is 9.53 Å². The van der Waals surface area contributed by atoms with Gasteiger partial charge in [-0.1, -0.05) is 13.3 Å². The molecular formula is C10H20N2O2S. The van der Waals surface area contributed by atoms with Gasteiger partial charge in [0.05, 0.1) is 6.61 Å². The molecule has 0 rings (SSSR count).